The quantitative estimate of drug-likeness (QED) is 0.747. The monoisotopic (exact) mass is 225 g/mol. The van der Waals surface area contributed by atoms with Crippen molar-refractivity contribution >= 4 is 11.3 Å². The van der Waals surface area contributed by atoms with Crippen molar-refractivity contribution in [2.24, 2.45) is 0 Å². The Labute approximate surface area is 97.9 Å². The van der Waals surface area contributed by atoms with E-state index in [1.54, 1.807) is 4.88 Å². The lowest BCUT2D eigenvalue weighted by Gasteiger charge is -2.14. The highest BCUT2D eigenvalue weighted by Crippen LogP contribution is 2.19. The zero-order valence-electron chi connectivity index (χ0n) is 10.2. The summed E-state index contributed by atoms with van der Waals surface area (Å²) in [4.78, 5) is 3.06. The molecule has 0 fully saturated rings. The lowest BCUT2D eigenvalue weighted by molar-refractivity contribution is 0.482. The Balaban J connectivity index is 2.34. The van der Waals surface area contributed by atoms with Crippen LogP contribution in [0.5, 0.6) is 0 Å². The molecule has 1 heterocycles. The molecule has 1 rings (SSSR count). The molecular weight excluding hydrogens is 202 g/mol. The van der Waals surface area contributed by atoms with Gasteiger partial charge in [-0.15, -0.1) is 11.3 Å². The lowest BCUT2D eigenvalue weighted by atomic mass is 10.1. The highest BCUT2D eigenvalue weighted by Gasteiger charge is 2.05. The Morgan fingerprint density at radius 2 is 1.93 bits per heavy atom. The Morgan fingerprint density at radius 3 is 2.47 bits per heavy atom. The molecule has 0 saturated carbocycles. The molecular formula is C13H23NS. The maximum atomic E-state index is 3.53. The average Bonchev–Trinajstić information content (AvgIpc) is 2.72. The molecule has 0 spiro atoms. The standard InChI is InChI=1S/C13H23NS/c1-4-11(14-6-3)7-8-13-10-9-12(5-2)15-13/h9-11,14H,4-8H2,1-3H3. The summed E-state index contributed by atoms with van der Waals surface area (Å²) in [6.07, 6.45) is 4.92. The van der Waals surface area contributed by atoms with E-state index in [-0.39, 0.29) is 0 Å². The van der Waals surface area contributed by atoms with Crippen LogP contribution >= 0.6 is 11.3 Å². The molecule has 0 aliphatic rings. The average molecular weight is 225 g/mol. The van der Waals surface area contributed by atoms with E-state index in [0.717, 1.165) is 6.54 Å². The summed E-state index contributed by atoms with van der Waals surface area (Å²) in [7, 11) is 0. The van der Waals surface area contributed by atoms with Crippen LogP contribution in [0.4, 0.5) is 0 Å². The first-order valence-corrected chi connectivity index (χ1v) is 6.92. The van der Waals surface area contributed by atoms with Crippen LogP contribution in [-0.2, 0) is 12.8 Å². The predicted molar refractivity (Wildman–Crippen MR) is 69.8 cm³/mol. The zero-order valence-corrected chi connectivity index (χ0v) is 11.0. The van der Waals surface area contributed by atoms with E-state index in [4.69, 9.17) is 0 Å². The van der Waals surface area contributed by atoms with Gasteiger partial charge in [0.05, 0.1) is 0 Å². The fourth-order valence-corrected chi connectivity index (χ4v) is 2.78. The minimum absolute atomic E-state index is 0.696. The number of nitrogens with one attached hydrogen (secondary N) is 1. The molecule has 1 aromatic rings. The topological polar surface area (TPSA) is 12.0 Å². The van der Waals surface area contributed by atoms with Crippen LogP contribution in [0.1, 0.15) is 43.4 Å². The third-order valence-corrected chi connectivity index (χ3v) is 4.08. The predicted octanol–water partition coefficient (Wildman–Crippen LogP) is 3.63. The van der Waals surface area contributed by atoms with Gasteiger partial charge < -0.3 is 5.32 Å². The molecule has 2 heteroatoms. The first kappa shape index (κ1) is 12.7. The van der Waals surface area contributed by atoms with Crippen molar-refractivity contribution in [1.82, 2.24) is 5.32 Å². The van der Waals surface area contributed by atoms with Crippen LogP contribution in [-0.4, -0.2) is 12.6 Å². The first-order chi connectivity index (χ1) is 7.30. The van der Waals surface area contributed by atoms with Gasteiger partial charge in [0.1, 0.15) is 0 Å². The third kappa shape index (κ3) is 4.35. The fourth-order valence-electron chi connectivity index (χ4n) is 1.80. The van der Waals surface area contributed by atoms with Crippen molar-refractivity contribution in [3.05, 3.63) is 21.9 Å². The summed E-state index contributed by atoms with van der Waals surface area (Å²) in [6.45, 7) is 7.76. The second-order valence-electron chi connectivity index (χ2n) is 3.92. The molecule has 0 aromatic carbocycles. The van der Waals surface area contributed by atoms with Crippen molar-refractivity contribution in [2.75, 3.05) is 6.54 Å². The highest BCUT2D eigenvalue weighted by molar-refractivity contribution is 7.11. The van der Waals surface area contributed by atoms with E-state index < -0.39 is 0 Å². The molecule has 0 bridgehead atoms. The number of thiophene rings is 1. The van der Waals surface area contributed by atoms with E-state index >= 15 is 0 Å². The Kier molecular flexibility index (Phi) is 5.96. The molecule has 0 aliphatic heterocycles. The fraction of sp³-hybridized carbons (Fsp3) is 0.692. The minimum Gasteiger partial charge on any atom is -0.314 e. The van der Waals surface area contributed by atoms with Gasteiger partial charge in [0.2, 0.25) is 0 Å². The number of aryl methyl sites for hydroxylation is 2. The van der Waals surface area contributed by atoms with Crippen LogP contribution in [0.2, 0.25) is 0 Å². The van der Waals surface area contributed by atoms with Crippen molar-refractivity contribution in [2.45, 2.75) is 52.5 Å². The largest absolute Gasteiger partial charge is 0.314 e. The summed E-state index contributed by atoms with van der Waals surface area (Å²) in [5.74, 6) is 0. The van der Waals surface area contributed by atoms with Gasteiger partial charge in [-0.2, -0.15) is 0 Å². The molecule has 1 N–H and O–H groups in total. The Morgan fingerprint density at radius 1 is 1.20 bits per heavy atom. The first-order valence-electron chi connectivity index (χ1n) is 6.11. The van der Waals surface area contributed by atoms with E-state index in [1.807, 2.05) is 11.3 Å². The zero-order chi connectivity index (χ0) is 11.1. The molecule has 0 saturated heterocycles. The van der Waals surface area contributed by atoms with Gasteiger partial charge in [-0.3, -0.25) is 0 Å². The summed E-state index contributed by atoms with van der Waals surface area (Å²) < 4.78 is 0. The molecule has 0 aliphatic carbocycles. The molecule has 1 atom stereocenters. The van der Waals surface area contributed by atoms with Gasteiger partial charge in [-0.05, 0) is 44.4 Å². The number of hydrogen-bond donors (Lipinski definition) is 1. The van der Waals surface area contributed by atoms with Crippen LogP contribution in [0.25, 0.3) is 0 Å². The van der Waals surface area contributed by atoms with Crippen LogP contribution in [0.15, 0.2) is 12.1 Å². The number of rotatable bonds is 7. The van der Waals surface area contributed by atoms with Gasteiger partial charge in [0, 0.05) is 15.8 Å². The van der Waals surface area contributed by atoms with Gasteiger partial charge >= 0.3 is 0 Å². The van der Waals surface area contributed by atoms with Crippen molar-refractivity contribution < 1.29 is 0 Å². The SMILES string of the molecule is CCNC(CC)CCc1ccc(CC)s1. The lowest BCUT2D eigenvalue weighted by Crippen LogP contribution is -2.28. The van der Waals surface area contributed by atoms with Gasteiger partial charge in [0.15, 0.2) is 0 Å². The van der Waals surface area contributed by atoms with Crippen molar-refractivity contribution in [3.8, 4) is 0 Å². The number of hydrogen-bond acceptors (Lipinski definition) is 2. The Bertz CT molecular complexity index is 267. The molecule has 1 aromatic heterocycles. The molecule has 0 radical (unpaired) electrons. The highest BCUT2D eigenvalue weighted by atomic mass is 32.1. The summed E-state index contributed by atoms with van der Waals surface area (Å²) in [5, 5.41) is 3.53. The minimum atomic E-state index is 0.696. The van der Waals surface area contributed by atoms with E-state index in [9.17, 15) is 0 Å². The van der Waals surface area contributed by atoms with Crippen LogP contribution in [0.3, 0.4) is 0 Å². The molecule has 0 amide bonds. The molecule has 15 heavy (non-hydrogen) atoms. The summed E-state index contributed by atoms with van der Waals surface area (Å²) in [5.41, 5.74) is 0. The van der Waals surface area contributed by atoms with Gasteiger partial charge in [0.25, 0.3) is 0 Å². The van der Waals surface area contributed by atoms with Gasteiger partial charge in [-0.25, -0.2) is 0 Å². The molecule has 1 nitrogen and oxygen atoms in total. The molecule has 86 valence electrons. The van der Waals surface area contributed by atoms with Crippen LogP contribution < -0.4 is 5.32 Å². The normalized spacial score (nSPS) is 13.0. The van der Waals surface area contributed by atoms with Gasteiger partial charge in [-0.1, -0.05) is 20.8 Å². The maximum Gasteiger partial charge on any atom is 0.00677 e. The molecule has 1 unspecified atom stereocenters. The van der Waals surface area contributed by atoms with Crippen LogP contribution in [0, 0.1) is 0 Å². The van der Waals surface area contributed by atoms with Crippen molar-refractivity contribution in [3.63, 3.8) is 0 Å². The second-order valence-corrected chi connectivity index (χ2v) is 5.18. The van der Waals surface area contributed by atoms with E-state index in [2.05, 4.69) is 38.2 Å². The van der Waals surface area contributed by atoms with E-state index in [0.29, 0.717) is 6.04 Å². The maximum absolute atomic E-state index is 3.53. The smallest absolute Gasteiger partial charge is 0.00677 e. The second kappa shape index (κ2) is 7.02. The van der Waals surface area contributed by atoms with E-state index in [1.165, 1.54) is 30.6 Å². The Hall–Kier alpha value is -0.340. The summed E-state index contributed by atoms with van der Waals surface area (Å²) >= 11 is 1.98. The van der Waals surface area contributed by atoms with Crippen molar-refractivity contribution in [1.29, 1.82) is 0 Å². The summed E-state index contributed by atoms with van der Waals surface area (Å²) in [6, 6.07) is 5.26. The third-order valence-electron chi connectivity index (χ3n) is 2.79.